The van der Waals surface area contributed by atoms with Crippen LogP contribution in [0.25, 0.3) is 0 Å². The lowest BCUT2D eigenvalue weighted by Crippen LogP contribution is -2.41. The maximum absolute atomic E-state index is 12.5. The molecule has 0 bridgehead atoms. The summed E-state index contributed by atoms with van der Waals surface area (Å²) in [6, 6.07) is 8.42. The van der Waals surface area contributed by atoms with Gasteiger partial charge in [0.1, 0.15) is 5.82 Å². The van der Waals surface area contributed by atoms with Crippen molar-refractivity contribution in [2.24, 2.45) is 0 Å². The van der Waals surface area contributed by atoms with Gasteiger partial charge < -0.3 is 20.4 Å². The molecule has 3 heterocycles. The second kappa shape index (κ2) is 9.92. The molecular weight excluding hydrogens is 352 g/mol. The van der Waals surface area contributed by atoms with E-state index in [2.05, 4.69) is 26.7 Å². The van der Waals surface area contributed by atoms with E-state index in [0.29, 0.717) is 12.6 Å². The lowest BCUT2D eigenvalue weighted by molar-refractivity contribution is 0.200. The fourth-order valence-corrected chi connectivity index (χ4v) is 3.39. The number of aromatic nitrogens is 2. The second-order valence-corrected chi connectivity index (χ2v) is 7.40. The molecule has 0 radical (unpaired) electrons. The van der Waals surface area contributed by atoms with E-state index in [1.54, 1.807) is 6.20 Å². The molecule has 1 fully saturated rings. The molecule has 0 aromatic carbocycles. The van der Waals surface area contributed by atoms with Crippen LogP contribution in [0.5, 0.6) is 0 Å². The van der Waals surface area contributed by atoms with E-state index < -0.39 is 0 Å². The molecule has 2 N–H and O–H groups in total. The molecule has 1 atom stereocenters. The normalized spacial score (nSPS) is 16.9. The summed E-state index contributed by atoms with van der Waals surface area (Å²) in [5, 5.41) is 6.60. The molecule has 0 spiro atoms. The SMILES string of the molecule is CN(C)c1ccc(N[C@H]2CCCN(C(=O)NCCc3cccnc3)CC2)cn1. The van der Waals surface area contributed by atoms with Crippen molar-refractivity contribution in [1.29, 1.82) is 0 Å². The first-order valence-electron chi connectivity index (χ1n) is 9.93. The summed E-state index contributed by atoms with van der Waals surface area (Å²) in [6.45, 7) is 2.20. The number of carbonyl (C=O) groups excluding carboxylic acids is 1. The van der Waals surface area contributed by atoms with Gasteiger partial charge in [-0.25, -0.2) is 9.78 Å². The highest BCUT2D eigenvalue weighted by molar-refractivity contribution is 5.74. The molecule has 0 unspecified atom stereocenters. The van der Waals surface area contributed by atoms with E-state index in [-0.39, 0.29) is 6.03 Å². The molecule has 0 aliphatic carbocycles. The van der Waals surface area contributed by atoms with Crippen LogP contribution < -0.4 is 15.5 Å². The van der Waals surface area contributed by atoms with E-state index in [9.17, 15) is 4.79 Å². The Bertz CT molecular complexity index is 734. The van der Waals surface area contributed by atoms with E-state index >= 15 is 0 Å². The molecule has 7 nitrogen and oxygen atoms in total. The van der Waals surface area contributed by atoms with E-state index in [0.717, 1.165) is 55.8 Å². The van der Waals surface area contributed by atoms with Crippen LogP contribution in [0, 0.1) is 0 Å². The summed E-state index contributed by atoms with van der Waals surface area (Å²) < 4.78 is 0. The number of nitrogens with zero attached hydrogens (tertiary/aromatic N) is 4. The average molecular weight is 383 g/mol. The molecule has 7 heteroatoms. The lowest BCUT2D eigenvalue weighted by Gasteiger charge is -2.22. The van der Waals surface area contributed by atoms with Crippen LogP contribution in [0.1, 0.15) is 24.8 Å². The minimum atomic E-state index is 0.0292. The quantitative estimate of drug-likeness (QED) is 0.804. The lowest BCUT2D eigenvalue weighted by atomic mass is 10.1. The largest absolute Gasteiger partial charge is 0.381 e. The van der Waals surface area contributed by atoms with Crippen molar-refractivity contribution in [2.45, 2.75) is 31.7 Å². The third-order valence-corrected chi connectivity index (χ3v) is 5.00. The molecule has 1 saturated heterocycles. The first-order chi connectivity index (χ1) is 13.6. The van der Waals surface area contributed by atoms with Crippen LogP contribution >= 0.6 is 0 Å². The first-order valence-corrected chi connectivity index (χ1v) is 9.93. The third kappa shape index (κ3) is 5.84. The Labute approximate surface area is 167 Å². The van der Waals surface area contributed by atoms with Gasteiger partial charge in [-0.05, 0) is 49.4 Å². The van der Waals surface area contributed by atoms with Gasteiger partial charge in [0.25, 0.3) is 0 Å². The van der Waals surface area contributed by atoms with Gasteiger partial charge in [-0.15, -0.1) is 0 Å². The van der Waals surface area contributed by atoms with Gasteiger partial charge in [0.2, 0.25) is 0 Å². The van der Waals surface area contributed by atoms with Crippen LogP contribution in [0.4, 0.5) is 16.3 Å². The second-order valence-electron chi connectivity index (χ2n) is 7.40. The summed E-state index contributed by atoms with van der Waals surface area (Å²) in [6.07, 6.45) is 9.26. The third-order valence-electron chi connectivity index (χ3n) is 5.00. The summed E-state index contributed by atoms with van der Waals surface area (Å²) in [7, 11) is 3.97. The number of anilines is 2. The Morgan fingerprint density at radius 1 is 1.21 bits per heavy atom. The van der Waals surface area contributed by atoms with Crippen molar-refractivity contribution in [2.75, 3.05) is 43.9 Å². The van der Waals surface area contributed by atoms with E-state index in [1.165, 1.54) is 0 Å². The number of rotatable bonds is 6. The van der Waals surface area contributed by atoms with Crippen molar-refractivity contribution in [3.63, 3.8) is 0 Å². The van der Waals surface area contributed by atoms with Gasteiger partial charge in [0, 0.05) is 52.2 Å². The monoisotopic (exact) mass is 382 g/mol. The van der Waals surface area contributed by atoms with Gasteiger partial charge >= 0.3 is 6.03 Å². The van der Waals surface area contributed by atoms with Crippen LogP contribution in [0.15, 0.2) is 42.9 Å². The van der Waals surface area contributed by atoms with Crippen LogP contribution in [-0.2, 0) is 6.42 Å². The number of pyridine rings is 2. The van der Waals surface area contributed by atoms with Crippen LogP contribution in [-0.4, -0.2) is 60.7 Å². The Balaban J connectivity index is 1.43. The first kappa shape index (κ1) is 19.9. The minimum absolute atomic E-state index is 0.0292. The Kier molecular flexibility index (Phi) is 7.06. The summed E-state index contributed by atoms with van der Waals surface area (Å²) in [4.78, 5) is 24.9. The number of amides is 2. The Morgan fingerprint density at radius 2 is 2.11 bits per heavy atom. The topological polar surface area (TPSA) is 73.4 Å². The van der Waals surface area contributed by atoms with Crippen molar-refractivity contribution in [3.05, 3.63) is 48.4 Å². The van der Waals surface area contributed by atoms with Crippen LogP contribution in [0.3, 0.4) is 0 Å². The summed E-state index contributed by atoms with van der Waals surface area (Å²) in [5.74, 6) is 0.945. The molecule has 3 rings (SSSR count). The number of hydrogen-bond donors (Lipinski definition) is 2. The minimum Gasteiger partial charge on any atom is -0.381 e. The number of hydrogen-bond acceptors (Lipinski definition) is 5. The maximum atomic E-state index is 12.5. The number of carbonyl (C=O) groups is 1. The fourth-order valence-electron chi connectivity index (χ4n) is 3.39. The maximum Gasteiger partial charge on any atom is 0.317 e. The van der Waals surface area contributed by atoms with Gasteiger partial charge in [-0.3, -0.25) is 4.98 Å². The fraction of sp³-hybridized carbons (Fsp3) is 0.476. The van der Waals surface area contributed by atoms with Crippen LogP contribution in [0.2, 0.25) is 0 Å². The number of likely N-dealkylation sites (tertiary alicyclic amines) is 1. The van der Waals surface area contributed by atoms with Gasteiger partial charge in [0.15, 0.2) is 0 Å². The highest BCUT2D eigenvalue weighted by atomic mass is 16.2. The highest BCUT2D eigenvalue weighted by Gasteiger charge is 2.20. The molecule has 2 amide bonds. The van der Waals surface area contributed by atoms with Gasteiger partial charge in [0.05, 0.1) is 11.9 Å². The van der Waals surface area contributed by atoms with Gasteiger partial charge in [-0.2, -0.15) is 0 Å². The summed E-state index contributed by atoms with van der Waals surface area (Å²) in [5.41, 5.74) is 2.17. The number of nitrogens with one attached hydrogen (secondary N) is 2. The molecule has 0 saturated carbocycles. The molecular formula is C21H30N6O. The zero-order valence-electron chi connectivity index (χ0n) is 16.8. The van der Waals surface area contributed by atoms with Crippen molar-refractivity contribution < 1.29 is 4.79 Å². The standard InChI is InChI=1S/C21H30N6O/c1-26(2)20-8-7-19(16-24-20)25-18-6-4-13-27(14-10-18)21(28)23-12-9-17-5-3-11-22-15-17/h3,5,7-8,11,15-16,18,25H,4,6,9-10,12-14H2,1-2H3,(H,23,28)/t18-/m0/s1. The summed E-state index contributed by atoms with van der Waals surface area (Å²) >= 11 is 0. The molecule has 150 valence electrons. The predicted octanol–water partition coefficient (Wildman–Crippen LogP) is 2.76. The molecule has 2 aromatic heterocycles. The van der Waals surface area contributed by atoms with Crippen molar-refractivity contribution in [1.82, 2.24) is 20.2 Å². The molecule has 1 aliphatic heterocycles. The molecule has 2 aromatic rings. The van der Waals surface area contributed by atoms with Crippen molar-refractivity contribution in [3.8, 4) is 0 Å². The smallest absolute Gasteiger partial charge is 0.317 e. The van der Waals surface area contributed by atoms with Crippen molar-refractivity contribution >= 4 is 17.5 Å². The zero-order valence-corrected chi connectivity index (χ0v) is 16.8. The van der Waals surface area contributed by atoms with Gasteiger partial charge in [-0.1, -0.05) is 6.07 Å². The molecule has 1 aliphatic rings. The van der Waals surface area contributed by atoms with E-state index in [1.807, 2.05) is 54.5 Å². The molecule has 28 heavy (non-hydrogen) atoms. The number of urea groups is 1. The predicted molar refractivity (Wildman–Crippen MR) is 113 cm³/mol. The Morgan fingerprint density at radius 3 is 2.82 bits per heavy atom. The zero-order chi connectivity index (χ0) is 19.8. The average Bonchev–Trinajstić information content (AvgIpc) is 2.95. The highest BCUT2D eigenvalue weighted by Crippen LogP contribution is 2.18. The van der Waals surface area contributed by atoms with E-state index in [4.69, 9.17) is 0 Å². The Hall–Kier alpha value is -2.83.